The first kappa shape index (κ1) is 21.2. The zero-order valence-corrected chi connectivity index (χ0v) is 16.5. The second kappa shape index (κ2) is 9.17. The van der Waals surface area contributed by atoms with Crippen LogP contribution < -0.4 is 10.1 Å². The molecule has 2 aromatic carbocycles. The van der Waals surface area contributed by atoms with Gasteiger partial charge in [0.05, 0.1) is 0 Å². The maximum atomic E-state index is 12.4. The highest BCUT2D eigenvalue weighted by molar-refractivity contribution is 6.01. The Morgan fingerprint density at radius 1 is 0.964 bits per heavy atom. The van der Waals surface area contributed by atoms with Crippen LogP contribution in [0.3, 0.4) is 0 Å². The number of hydrogen-bond acceptors (Lipinski definition) is 5. The summed E-state index contributed by atoms with van der Waals surface area (Å²) in [6.07, 6.45) is -0.943. The number of rotatable bonds is 7. The Morgan fingerprint density at radius 3 is 2.14 bits per heavy atom. The maximum Gasteiger partial charge on any atom is 0.344 e. The van der Waals surface area contributed by atoms with Crippen LogP contribution in [0.15, 0.2) is 54.6 Å². The van der Waals surface area contributed by atoms with Crippen LogP contribution in [0, 0.1) is 5.41 Å². The van der Waals surface area contributed by atoms with E-state index < -0.39 is 17.5 Å². The molecule has 0 spiro atoms. The number of Topliss-reactive ketones (excluding diaryl/α,β-unsaturated/α-hetero) is 1. The van der Waals surface area contributed by atoms with Gasteiger partial charge in [0.15, 0.2) is 12.7 Å². The lowest BCUT2D eigenvalue weighted by Gasteiger charge is -2.18. The molecular weight excluding hydrogens is 358 g/mol. The van der Waals surface area contributed by atoms with Crippen LogP contribution in [-0.2, 0) is 14.3 Å². The summed E-state index contributed by atoms with van der Waals surface area (Å²) in [7, 11) is 0. The Balaban J connectivity index is 1.88. The average molecular weight is 383 g/mol. The molecule has 0 aliphatic heterocycles. The highest BCUT2D eigenvalue weighted by Gasteiger charge is 2.22. The molecule has 0 bridgehead atoms. The largest absolute Gasteiger partial charge is 0.482 e. The van der Waals surface area contributed by atoms with Gasteiger partial charge in [0, 0.05) is 16.7 Å². The smallest absolute Gasteiger partial charge is 0.344 e. The van der Waals surface area contributed by atoms with Gasteiger partial charge in [-0.25, -0.2) is 4.79 Å². The molecule has 148 valence electrons. The van der Waals surface area contributed by atoms with Gasteiger partial charge in [-0.3, -0.25) is 9.59 Å². The minimum atomic E-state index is -0.943. The Hall–Kier alpha value is -3.15. The molecule has 1 amide bonds. The first-order chi connectivity index (χ1) is 13.2. The number of amides is 1. The Labute approximate surface area is 164 Å². The van der Waals surface area contributed by atoms with Crippen LogP contribution in [0.1, 0.15) is 38.1 Å². The van der Waals surface area contributed by atoms with Gasteiger partial charge in [0.2, 0.25) is 11.7 Å². The van der Waals surface area contributed by atoms with Crippen LogP contribution >= 0.6 is 0 Å². The normalized spacial score (nSPS) is 12.0. The highest BCUT2D eigenvalue weighted by atomic mass is 16.6. The van der Waals surface area contributed by atoms with Crippen LogP contribution in [0.2, 0.25) is 0 Å². The number of nitrogens with one attached hydrogen (secondary N) is 1. The molecule has 0 aliphatic carbocycles. The zero-order chi connectivity index (χ0) is 20.7. The van der Waals surface area contributed by atoms with Crippen molar-refractivity contribution in [1.82, 2.24) is 0 Å². The van der Waals surface area contributed by atoms with Crippen molar-refractivity contribution in [3.05, 3.63) is 60.2 Å². The van der Waals surface area contributed by atoms with E-state index in [9.17, 15) is 14.4 Å². The minimum Gasteiger partial charge on any atom is -0.482 e. The van der Waals surface area contributed by atoms with Gasteiger partial charge >= 0.3 is 5.97 Å². The third kappa shape index (κ3) is 6.23. The van der Waals surface area contributed by atoms with Crippen LogP contribution in [0.25, 0.3) is 0 Å². The lowest BCUT2D eigenvalue weighted by molar-refractivity contribution is -0.148. The zero-order valence-electron chi connectivity index (χ0n) is 16.5. The molecule has 1 atom stereocenters. The standard InChI is InChI=1S/C22H25NO5/c1-15(28-19(24)14-27-18-8-6-5-7-9-18)20(25)16-10-12-17(13-11-16)23-21(26)22(2,3)4/h5-13,15H,14H2,1-4H3,(H,23,26)/t15-/m1/s1. The fourth-order valence-corrected chi connectivity index (χ4v) is 2.21. The number of ether oxygens (including phenoxy) is 2. The predicted molar refractivity (Wildman–Crippen MR) is 106 cm³/mol. The summed E-state index contributed by atoms with van der Waals surface area (Å²) in [5.41, 5.74) is 0.467. The van der Waals surface area contributed by atoms with E-state index in [0.717, 1.165) is 0 Å². The molecule has 0 saturated heterocycles. The number of carbonyl (C=O) groups is 3. The van der Waals surface area contributed by atoms with Gasteiger partial charge in [-0.1, -0.05) is 39.0 Å². The first-order valence-electron chi connectivity index (χ1n) is 9.00. The lowest BCUT2D eigenvalue weighted by atomic mass is 9.95. The molecule has 0 aromatic heterocycles. The van der Waals surface area contributed by atoms with Gasteiger partial charge in [-0.15, -0.1) is 0 Å². The maximum absolute atomic E-state index is 12.4. The predicted octanol–water partition coefficient (Wildman–Crippen LogP) is 3.86. The van der Waals surface area contributed by atoms with E-state index >= 15 is 0 Å². The number of ketones is 1. The molecule has 0 aliphatic rings. The van der Waals surface area contributed by atoms with E-state index in [2.05, 4.69) is 5.32 Å². The molecule has 6 heteroatoms. The summed E-state index contributed by atoms with van der Waals surface area (Å²) in [6, 6.07) is 15.3. The molecule has 0 heterocycles. The summed E-state index contributed by atoms with van der Waals surface area (Å²) in [5, 5.41) is 2.79. The van der Waals surface area contributed by atoms with E-state index in [-0.39, 0.29) is 18.3 Å². The van der Waals surface area contributed by atoms with Gasteiger partial charge in [0.25, 0.3) is 0 Å². The van der Waals surface area contributed by atoms with Crippen LogP contribution in [-0.4, -0.2) is 30.4 Å². The fourth-order valence-electron chi connectivity index (χ4n) is 2.21. The fraction of sp³-hybridized carbons (Fsp3) is 0.318. The molecule has 0 unspecified atom stereocenters. The molecular formula is C22H25NO5. The molecule has 2 aromatic rings. The lowest BCUT2D eigenvalue weighted by Crippen LogP contribution is -2.28. The average Bonchev–Trinajstić information content (AvgIpc) is 2.66. The van der Waals surface area contributed by atoms with Gasteiger partial charge in [-0.2, -0.15) is 0 Å². The number of carbonyl (C=O) groups excluding carboxylic acids is 3. The van der Waals surface area contributed by atoms with Crippen molar-refractivity contribution in [1.29, 1.82) is 0 Å². The van der Waals surface area contributed by atoms with Crippen molar-refractivity contribution in [2.45, 2.75) is 33.8 Å². The van der Waals surface area contributed by atoms with E-state index in [1.165, 1.54) is 6.92 Å². The Morgan fingerprint density at radius 2 is 1.57 bits per heavy atom. The number of para-hydroxylation sites is 1. The Kier molecular flexibility index (Phi) is 6.93. The van der Waals surface area contributed by atoms with Crippen molar-refractivity contribution in [2.75, 3.05) is 11.9 Å². The second-order valence-electron chi connectivity index (χ2n) is 7.38. The molecule has 2 rings (SSSR count). The molecule has 1 N–H and O–H groups in total. The SMILES string of the molecule is C[C@@H](OC(=O)COc1ccccc1)C(=O)c1ccc(NC(=O)C(C)(C)C)cc1. The summed E-state index contributed by atoms with van der Waals surface area (Å²) < 4.78 is 10.5. The Bertz CT molecular complexity index is 822. The monoisotopic (exact) mass is 383 g/mol. The summed E-state index contributed by atoms with van der Waals surface area (Å²) in [4.78, 5) is 36.3. The van der Waals surface area contributed by atoms with Crippen LogP contribution in [0.4, 0.5) is 5.69 Å². The van der Waals surface area contributed by atoms with Crippen LogP contribution in [0.5, 0.6) is 5.75 Å². The third-order valence-electron chi connectivity index (χ3n) is 3.89. The van der Waals surface area contributed by atoms with E-state index in [0.29, 0.717) is 17.0 Å². The number of hydrogen-bond donors (Lipinski definition) is 1. The number of anilines is 1. The van der Waals surface area contributed by atoms with Gasteiger partial charge < -0.3 is 14.8 Å². The van der Waals surface area contributed by atoms with Crippen molar-refractivity contribution < 1.29 is 23.9 Å². The van der Waals surface area contributed by atoms with Crippen molar-refractivity contribution >= 4 is 23.3 Å². The topological polar surface area (TPSA) is 81.7 Å². The molecule has 0 saturated carbocycles. The summed E-state index contributed by atoms with van der Waals surface area (Å²) >= 11 is 0. The second-order valence-corrected chi connectivity index (χ2v) is 7.38. The summed E-state index contributed by atoms with van der Waals surface area (Å²) in [6.45, 7) is 6.69. The van der Waals surface area contributed by atoms with Gasteiger partial charge in [-0.05, 0) is 43.3 Å². The number of esters is 1. The van der Waals surface area contributed by atoms with Crippen molar-refractivity contribution in [3.8, 4) is 5.75 Å². The van der Waals surface area contributed by atoms with Gasteiger partial charge in [0.1, 0.15) is 5.75 Å². The quantitative estimate of drug-likeness (QED) is 0.580. The first-order valence-corrected chi connectivity index (χ1v) is 9.00. The minimum absolute atomic E-state index is 0.118. The molecule has 0 fully saturated rings. The summed E-state index contributed by atoms with van der Waals surface area (Å²) in [5.74, 6) is -0.529. The molecule has 28 heavy (non-hydrogen) atoms. The van der Waals surface area contributed by atoms with E-state index in [1.807, 2.05) is 26.8 Å². The number of benzene rings is 2. The third-order valence-corrected chi connectivity index (χ3v) is 3.89. The van der Waals surface area contributed by atoms with E-state index in [4.69, 9.17) is 9.47 Å². The molecule has 6 nitrogen and oxygen atoms in total. The molecule has 0 radical (unpaired) electrons. The van der Waals surface area contributed by atoms with Crippen molar-refractivity contribution in [3.63, 3.8) is 0 Å². The van der Waals surface area contributed by atoms with E-state index in [1.54, 1.807) is 48.5 Å². The highest BCUT2D eigenvalue weighted by Crippen LogP contribution is 2.18. The van der Waals surface area contributed by atoms with Crippen molar-refractivity contribution in [2.24, 2.45) is 5.41 Å².